The van der Waals surface area contributed by atoms with Crippen LogP contribution < -0.4 is 5.32 Å². The van der Waals surface area contributed by atoms with Crippen LogP contribution in [0, 0.1) is 18.2 Å². The highest BCUT2D eigenvalue weighted by atomic mass is 35.5. The summed E-state index contributed by atoms with van der Waals surface area (Å²) in [6.45, 7) is 0. The molecule has 1 unspecified atom stereocenters. The van der Waals surface area contributed by atoms with E-state index in [9.17, 15) is 4.39 Å². The molecule has 74 valence electrons. The molecule has 0 radical (unpaired) electrons. The number of hydrogen-bond acceptors (Lipinski definition) is 1. The summed E-state index contributed by atoms with van der Waals surface area (Å²) in [6, 6.07) is 4.42. The van der Waals surface area contributed by atoms with Gasteiger partial charge in [-0.15, -0.1) is 6.42 Å². The number of terminal acetylenes is 1. The molecule has 1 rings (SSSR count). The molecule has 1 aromatic rings. The number of halogens is 2. The average molecular weight is 212 g/mol. The van der Waals surface area contributed by atoms with Crippen LogP contribution in [0.4, 0.5) is 4.39 Å². The Hall–Kier alpha value is -1.04. The second-order valence-electron chi connectivity index (χ2n) is 2.91. The van der Waals surface area contributed by atoms with Gasteiger partial charge in [-0.25, -0.2) is 4.39 Å². The van der Waals surface area contributed by atoms with Gasteiger partial charge in [0.15, 0.2) is 0 Å². The zero-order valence-corrected chi connectivity index (χ0v) is 8.61. The van der Waals surface area contributed by atoms with E-state index in [1.54, 1.807) is 19.2 Å². The van der Waals surface area contributed by atoms with Crippen molar-refractivity contribution in [1.82, 2.24) is 5.32 Å². The summed E-state index contributed by atoms with van der Waals surface area (Å²) in [5.74, 6) is 2.21. The molecule has 0 bridgehead atoms. The number of likely N-dealkylation sites (N-methyl/N-ethyl adjacent to an activating group) is 1. The third-order valence-corrected chi connectivity index (χ3v) is 2.37. The first-order valence-corrected chi connectivity index (χ1v) is 4.63. The minimum absolute atomic E-state index is 0.190. The Labute approximate surface area is 88.3 Å². The predicted octanol–water partition coefficient (Wildman–Crippen LogP) is 2.24. The highest BCUT2D eigenvalue weighted by molar-refractivity contribution is 6.31. The van der Waals surface area contributed by atoms with Gasteiger partial charge in [0, 0.05) is 17.0 Å². The fourth-order valence-corrected chi connectivity index (χ4v) is 1.42. The molecule has 0 fully saturated rings. The standard InChI is InChI=1S/C11H11ClFN/c1-3-8(14-2)7-9-10(12)5-4-6-11(9)13/h1,4-6,8,14H,7H2,2H3. The predicted molar refractivity (Wildman–Crippen MR) is 56.8 cm³/mol. The molecule has 1 N–H and O–H groups in total. The van der Waals surface area contributed by atoms with Crippen molar-refractivity contribution in [2.75, 3.05) is 7.05 Å². The van der Waals surface area contributed by atoms with Crippen molar-refractivity contribution in [3.05, 3.63) is 34.6 Å². The largest absolute Gasteiger partial charge is 0.306 e. The first-order valence-electron chi connectivity index (χ1n) is 4.25. The zero-order chi connectivity index (χ0) is 10.6. The summed E-state index contributed by atoms with van der Waals surface area (Å²) in [7, 11) is 1.74. The molecular formula is C11H11ClFN. The molecule has 0 amide bonds. The average Bonchev–Trinajstić information content (AvgIpc) is 2.18. The summed E-state index contributed by atoms with van der Waals surface area (Å²) >= 11 is 5.85. The molecule has 1 aromatic carbocycles. The van der Waals surface area contributed by atoms with Crippen LogP contribution in [0.3, 0.4) is 0 Å². The number of hydrogen-bond donors (Lipinski definition) is 1. The highest BCUT2D eigenvalue weighted by Crippen LogP contribution is 2.20. The van der Waals surface area contributed by atoms with E-state index in [1.807, 2.05) is 0 Å². The van der Waals surface area contributed by atoms with Gasteiger partial charge in [-0.2, -0.15) is 0 Å². The van der Waals surface area contributed by atoms with Crippen molar-refractivity contribution < 1.29 is 4.39 Å². The maximum Gasteiger partial charge on any atom is 0.127 e. The lowest BCUT2D eigenvalue weighted by Crippen LogP contribution is -2.26. The van der Waals surface area contributed by atoms with Crippen LogP contribution in [0.15, 0.2) is 18.2 Å². The fraction of sp³-hybridized carbons (Fsp3) is 0.273. The van der Waals surface area contributed by atoms with Crippen molar-refractivity contribution >= 4 is 11.6 Å². The van der Waals surface area contributed by atoms with Crippen molar-refractivity contribution in [2.24, 2.45) is 0 Å². The topological polar surface area (TPSA) is 12.0 Å². The van der Waals surface area contributed by atoms with Gasteiger partial charge in [0.05, 0.1) is 6.04 Å². The van der Waals surface area contributed by atoms with E-state index in [4.69, 9.17) is 18.0 Å². The van der Waals surface area contributed by atoms with Gasteiger partial charge in [-0.1, -0.05) is 23.6 Å². The molecule has 0 saturated heterocycles. The molecule has 0 aliphatic rings. The summed E-state index contributed by atoms with van der Waals surface area (Å²) < 4.78 is 13.3. The maximum atomic E-state index is 13.3. The Morgan fingerprint density at radius 1 is 1.64 bits per heavy atom. The molecule has 1 atom stereocenters. The van der Waals surface area contributed by atoms with Crippen LogP contribution in [0.1, 0.15) is 5.56 Å². The first-order chi connectivity index (χ1) is 6.69. The van der Waals surface area contributed by atoms with E-state index < -0.39 is 0 Å². The molecular weight excluding hydrogens is 201 g/mol. The molecule has 3 heteroatoms. The SMILES string of the molecule is C#CC(Cc1c(F)cccc1Cl)NC. The van der Waals surface area contributed by atoms with Gasteiger partial charge in [0.1, 0.15) is 5.82 Å². The lowest BCUT2D eigenvalue weighted by atomic mass is 10.1. The van der Waals surface area contributed by atoms with Gasteiger partial charge < -0.3 is 5.32 Å². The Morgan fingerprint density at radius 2 is 2.36 bits per heavy atom. The Balaban J connectivity index is 2.91. The molecule has 0 spiro atoms. The summed E-state index contributed by atoms with van der Waals surface area (Å²) in [5.41, 5.74) is 0.464. The van der Waals surface area contributed by atoms with Crippen LogP contribution in [0.2, 0.25) is 5.02 Å². The van der Waals surface area contributed by atoms with Crippen LogP contribution >= 0.6 is 11.6 Å². The maximum absolute atomic E-state index is 13.3. The van der Waals surface area contributed by atoms with Gasteiger partial charge >= 0.3 is 0 Å². The molecule has 0 heterocycles. The van der Waals surface area contributed by atoms with E-state index in [0.29, 0.717) is 17.0 Å². The minimum atomic E-state index is -0.312. The summed E-state index contributed by atoms with van der Waals surface area (Å²) in [6.07, 6.45) is 5.65. The van der Waals surface area contributed by atoms with E-state index in [2.05, 4.69) is 11.2 Å². The molecule has 0 aliphatic heterocycles. The van der Waals surface area contributed by atoms with Crippen molar-refractivity contribution in [3.8, 4) is 12.3 Å². The van der Waals surface area contributed by atoms with Gasteiger partial charge in [0.25, 0.3) is 0 Å². The molecule has 0 aromatic heterocycles. The monoisotopic (exact) mass is 211 g/mol. The quantitative estimate of drug-likeness (QED) is 0.757. The van der Waals surface area contributed by atoms with Gasteiger partial charge in [-0.3, -0.25) is 0 Å². The minimum Gasteiger partial charge on any atom is -0.306 e. The van der Waals surface area contributed by atoms with E-state index in [0.717, 1.165) is 0 Å². The zero-order valence-electron chi connectivity index (χ0n) is 7.85. The second kappa shape index (κ2) is 4.99. The highest BCUT2D eigenvalue weighted by Gasteiger charge is 2.11. The first kappa shape index (κ1) is 11.0. The fourth-order valence-electron chi connectivity index (χ4n) is 1.18. The van der Waals surface area contributed by atoms with Crippen LogP contribution in [0.5, 0.6) is 0 Å². The van der Waals surface area contributed by atoms with Gasteiger partial charge in [0.2, 0.25) is 0 Å². The summed E-state index contributed by atoms with van der Waals surface area (Å²) in [4.78, 5) is 0. The van der Waals surface area contributed by atoms with E-state index in [1.165, 1.54) is 6.07 Å². The Bertz CT molecular complexity index is 337. The van der Waals surface area contributed by atoms with Crippen molar-refractivity contribution in [1.29, 1.82) is 0 Å². The number of nitrogens with one attached hydrogen (secondary N) is 1. The van der Waals surface area contributed by atoms with Crippen molar-refractivity contribution in [3.63, 3.8) is 0 Å². The van der Waals surface area contributed by atoms with E-state index >= 15 is 0 Å². The molecule has 1 nitrogen and oxygen atoms in total. The second-order valence-corrected chi connectivity index (χ2v) is 3.32. The third kappa shape index (κ3) is 2.47. The van der Waals surface area contributed by atoms with Crippen molar-refractivity contribution in [2.45, 2.75) is 12.5 Å². The van der Waals surface area contributed by atoms with Gasteiger partial charge in [-0.05, 0) is 19.2 Å². The molecule has 14 heavy (non-hydrogen) atoms. The molecule has 0 saturated carbocycles. The molecule has 0 aliphatic carbocycles. The number of benzene rings is 1. The third-order valence-electron chi connectivity index (χ3n) is 2.02. The van der Waals surface area contributed by atoms with Crippen LogP contribution in [-0.4, -0.2) is 13.1 Å². The smallest absolute Gasteiger partial charge is 0.127 e. The van der Waals surface area contributed by atoms with Crippen LogP contribution in [-0.2, 0) is 6.42 Å². The normalized spacial score (nSPS) is 12.1. The van der Waals surface area contributed by atoms with E-state index in [-0.39, 0.29) is 11.9 Å². The van der Waals surface area contributed by atoms with Crippen LogP contribution in [0.25, 0.3) is 0 Å². The number of rotatable bonds is 3. The Kier molecular flexibility index (Phi) is 3.94. The summed E-state index contributed by atoms with van der Waals surface area (Å²) in [5, 5.41) is 3.31. The lowest BCUT2D eigenvalue weighted by Gasteiger charge is -2.11. The Morgan fingerprint density at radius 3 is 2.86 bits per heavy atom. The lowest BCUT2D eigenvalue weighted by molar-refractivity contribution is 0.591.